The maximum Gasteiger partial charge on any atom is 0.108 e. The van der Waals surface area contributed by atoms with Crippen LogP contribution in [0.4, 0.5) is 0 Å². The lowest BCUT2D eigenvalue weighted by Gasteiger charge is -2.45. The molecule has 0 unspecified atom stereocenters. The summed E-state index contributed by atoms with van der Waals surface area (Å²) < 4.78 is 0. The molecule has 4 rings (SSSR count). The average Bonchev–Trinajstić information content (AvgIpc) is 2.72. The zero-order valence-electron chi connectivity index (χ0n) is 16.0. The standard InChI is InChI=1S/C26H24B/c1-21-18-19-26(22(2)20-21)27(23-12-6-3-7-13-23,24-14-8-4-9-15-24)25-16-10-5-11-17-25/h3-20H,1-2H3/q-1. The molecule has 0 N–H and O–H groups in total. The maximum absolute atomic E-state index is 2.33. The number of hydrogen-bond donors (Lipinski definition) is 0. The summed E-state index contributed by atoms with van der Waals surface area (Å²) in [7, 11) is 0. The molecule has 0 aliphatic rings. The van der Waals surface area contributed by atoms with Gasteiger partial charge in [-0.15, -0.1) is 0 Å². The zero-order valence-corrected chi connectivity index (χ0v) is 16.0. The lowest BCUT2D eigenvalue weighted by molar-refractivity contribution is 1.41. The zero-order chi connectivity index (χ0) is 18.7. The molecule has 0 aliphatic heterocycles. The van der Waals surface area contributed by atoms with Crippen LogP contribution >= 0.6 is 0 Å². The van der Waals surface area contributed by atoms with Crippen LogP contribution in [0.2, 0.25) is 0 Å². The molecule has 4 aromatic carbocycles. The van der Waals surface area contributed by atoms with Gasteiger partial charge in [0, 0.05) is 0 Å². The normalized spacial score (nSPS) is 11.3. The van der Waals surface area contributed by atoms with E-state index in [4.69, 9.17) is 0 Å². The van der Waals surface area contributed by atoms with Crippen LogP contribution < -0.4 is 21.9 Å². The minimum atomic E-state index is -1.26. The van der Waals surface area contributed by atoms with Gasteiger partial charge in [-0.25, -0.2) is 0 Å². The van der Waals surface area contributed by atoms with E-state index in [9.17, 15) is 0 Å². The summed E-state index contributed by atoms with van der Waals surface area (Å²) in [6.07, 6.45) is -1.26. The van der Waals surface area contributed by atoms with Gasteiger partial charge < -0.3 is 0 Å². The van der Waals surface area contributed by atoms with E-state index < -0.39 is 6.15 Å². The fourth-order valence-corrected chi connectivity index (χ4v) is 4.65. The van der Waals surface area contributed by atoms with Gasteiger partial charge in [0.05, 0.1) is 0 Å². The van der Waals surface area contributed by atoms with Crippen molar-refractivity contribution in [1.29, 1.82) is 0 Å². The van der Waals surface area contributed by atoms with Crippen molar-refractivity contribution in [2.24, 2.45) is 0 Å². The Morgan fingerprint density at radius 3 is 1.26 bits per heavy atom. The molecule has 0 aromatic heterocycles. The first-order valence-electron chi connectivity index (χ1n) is 9.62. The molecule has 0 atom stereocenters. The van der Waals surface area contributed by atoms with E-state index in [1.165, 1.54) is 33.0 Å². The first kappa shape index (κ1) is 17.4. The van der Waals surface area contributed by atoms with Crippen molar-refractivity contribution in [3.8, 4) is 0 Å². The van der Waals surface area contributed by atoms with Gasteiger partial charge in [-0.1, -0.05) is 120 Å². The van der Waals surface area contributed by atoms with Crippen LogP contribution in [-0.4, -0.2) is 6.15 Å². The van der Waals surface area contributed by atoms with E-state index in [0.29, 0.717) is 0 Å². The van der Waals surface area contributed by atoms with Crippen LogP contribution in [-0.2, 0) is 0 Å². The smallest absolute Gasteiger partial charge is 0.108 e. The van der Waals surface area contributed by atoms with E-state index >= 15 is 0 Å². The monoisotopic (exact) mass is 347 g/mol. The fourth-order valence-electron chi connectivity index (χ4n) is 4.65. The summed E-state index contributed by atoms with van der Waals surface area (Å²) in [4.78, 5) is 0. The Balaban J connectivity index is 2.16. The molecule has 132 valence electrons. The molecule has 0 heterocycles. The molecule has 0 radical (unpaired) electrons. The van der Waals surface area contributed by atoms with E-state index in [-0.39, 0.29) is 0 Å². The molecule has 0 saturated carbocycles. The topological polar surface area (TPSA) is 0 Å². The van der Waals surface area contributed by atoms with Gasteiger partial charge in [-0.05, 0) is 13.8 Å². The molecule has 0 amide bonds. The van der Waals surface area contributed by atoms with Crippen molar-refractivity contribution in [2.45, 2.75) is 13.8 Å². The minimum Gasteiger partial charge on any atom is -0.195 e. The second kappa shape index (κ2) is 7.29. The summed E-state index contributed by atoms with van der Waals surface area (Å²) >= 11 is 0. The average molecular weight is 347 g/mol. The van der Waals surface area contributed by atoms with Crippen LogP contribution in [0.1, 0.15) is 11.1 Å². The second-order valence-corrected chi connectivity index (χ2v) is 7.46. The Hall–Kier alpha value is -3.06. The Labute approximate surface area is 162 Å². The Kier molecular flexibility index (Phi) is 4.69. The molecule has 1 heteroatoms. The van der Waals surface area contributed by atoms with Crippen LogP contribution in [0, 0.1) is 13.8 Å². The van der Waals surface area contributed by atoms with Crippen molar-refractivity contribution in [1.82, 2.24) is 0 Å². The van der Waals surface area contributed by atoms with Gasteiger partial charge in [-0.3, -0.25) is 0 Å². The van der Waals surface area contributed by atoms with E-state index in [1.807, 2.05) is 0 Å². The molecule has 0 saturated heterocycles. The highest BCUT2D eigenvalue weighted by Gasteiger charge is 2.32. The Bertz CT molecular complexity index is 925. The third-order valence-corrected chi connectivity index (χ3v) is 5.79. The highest BCUT2D eigenvalue weighted by Crippen LogP contribution is 2.12. The van der Waals surface area contributed by atoms with Crippen molar-refractivity contribution in [3.05, 3.63) is 120 Å². The number of aryl methyl sites for hydroxylation is 2. The molecule has 0 aliphatic carbocycles. The van der Waals surface area contributed by atoms with Crippen molar-refractivity contribution in [2.75, 3.05) is 0 Å². The van der Waals surface area contributed by atoms with Crippen LogP contribution in [0.3, 0.4) is 0 Å². The van der Waals surface area contributed by atoms with Crippen LogP contribution in [0.15, 0.2) is 109 Å². The fraction of sp³-hybridized carbons (Fsp3) is 0.0769. The molecule has 0 nitrogen and oxygen atoms in total. The van der Waals surface area contributed by atoms with E-state index in [1.54, 1.807) is 0 Å². The molecule has 27 heavy (non-hydrogen) atoms. The number of hydrogen-bond acceptors (Lipinski definition) is 0. The summed E-state index contributed by atoms with van der Waals surface area (Å²) in [5.74, 6) is 0. The molecule has 0 fully saturated rings. The molecule has 0 spiro atoms. The molecule has 0 bridgehead atoms. The molecular weight excluding hydrogens is 323 g/mol. The van der Waals surface area contributed by atoms with Gasteiger partial charge >= 0.3 is 0 Å². The van der Waals surface area contributed by atoms with Gasteiger partial charge in [0.2, 0.25) is 0 Å². The lowest BCUT2D eigenvalue weighted by atomic mass is 9.12. The molecular formula is C26H24B-. The van der Waals surface area contributed by atoms with Gasteiger partial charge in [0.1, 0.15) is 6.15 Å². The van der Waals surface area contributed by atoms with Gasteiger partial charge in [0.15, 0.2) is 0 Å². The third-order valence-electron chi connectivity index (χ3n) is 5.79. The summed E-state index contributed by atoms with van der Waals surface area (Å²) in [5.41, 5.74) is 8.08. The first-order chi connectivity index (χ1) is 13.2. The highest BCUT2D eigenvalue weighted by atomic mass is 14.1. The summed E-state index contributed by atoms with van der Waals surface area (Å²) in [6, 6.07) is 39.8. The summed E-state index contributed by atoms with van der Waals surface area (Å²) in [5, 5.41) is 0. The van der Waals surface area contributed by atoms with E-state index in [2.05, 4.69) is 123 Å². The van der Waals surface area contributed by atoms with Crippen LogP contribution in [0.25, 0.3) is 0 Å². The SMILES string of the molecule is Cc1ccc([B-](c2ccccc2)(c2ccccc2)c2ccccc2)c(C)c1. The Morgan fingerprint density at radius 2 is 0.889 bits per heavy atom. The predicted octanol–water partition coefficient (Wildman–Crippen LogP) is 3.68. The number of rotatable bonds is 4. The predicted molar refractivity (Wildman–Crippen MR) is 120 cm³/mol. The minimum absolute atomic E-state index is 1.26. The van der Waals surface area contributed by atoms with Crippen LogP contribution in [0.5, 0.6) is 0 Å². The third kappa shape index (κ3) is 3.00. The van der Waals surface area contributed by atoms with Crippen molar-refractivity contribution >= 4 is 28.0 Å². The largest absolute Gasteiger partial charge is 0.195 e. The molecule has 4 aromatic rings. The first-order valence-corrected chi connectivity index (χ1v) is 9.62. The summed E-state index contributed by atoms with van der Waals surface area (Å²) in [6.45, 7) is 4.41. The second-order valence-electron chi connectivity index (χ2n) is 7.46. The highest BCUT2D eigenvalue weighted by molar-refractivity contribution is 7.20. The van der Waals surface area contributed by atoms with Gasteiger partial charge in [-0.2, -0.15) is 21.9 Å². The van der Waals surface area contributed by atoms with Crippen molar-refractivity contribution < 1.29 is 0 Å². The lowest BCUT2D eigenvalue weighted by Crippen LogP contribution is -2.75. The van der Waals surface area contributed by atoms with Crippen molar-refractivity contribution in [3.63, 3.8) is 0 Å². The Morgan fingerprint density at radius 1 is 0.481 bits per heavy atom. The maximum atomic E-state index is 2.33. The quantitative estimate of drug-likeness (QED) is 0.494. The number of benzene rings is 4. The van der Waals surface area contributed by atoms with E-state index in [0.717, 1.165) is 0 Å². The van der Waals surface area contributed by atoms with Gasteiger partial charge in [0.25, 0.3) is 0 Å².